The first-order chi connectivity index (χ1) is 11.0. The summed E-state index contributed by atoms with van der Waals surface area (Å²) in [5.74, 6) is -0.901. The van der Waals surface area contributed by atoms with Gasteiger partial charge in [-0.3, -0.25) is 14.5 Å². The molecular weight excluding hydrogens is 296 g/mol. The van der Waals surface area contributed by atoms with Crippen LogP contribution in [0.5, 0.6) is 0 Å². The number of rotatable bonds is 8. The first-order valence-electron chi connectivity index (χ1n) is 7.88. The largest absolute Gasteiger partial charge is 0.480 e. The van der Waals surface area contributed by atoms with Gasteiger partial charge in [-0.05, 0) is 37.1 Å². The Hall–Kier alpha value is -1.92. The van der Waals surface area contributed by atoms with Crippen molar-refractivity contribution >= 4 is 11.9 Å². The van der Waals surface area contributed by atoms with Gasteiger partial charge in [-0.15, -0.1) is 0 Å². The van der Waals surface area contributed by atoms with Crippen molar-refractivity contribution in [3.8, 4) is 0 Å². The smallest absolute Gasteiger partial charge is 0.317 e. The summed E-state index contributed by atoms with van der Waals surface area (Å²) in [7, 11) is 1.62. The van der Waals surface area contributed by atoms with Crippen LogP contribution < -0.4 is 5.32 Å². The van der Waals surface area contributed by atoms with Gasteiger partial charge in [0, 0.05) is 24.8 Å². The maximum absolute atomic E-state index is 12.3. The number of carboxylic acid groups (broad SMARTS) is 1. The minimum Gasteiger partial charge on any atom is -0.480 e. The van der Waals surface area contributed by atoms with E-state index in [0.717, 1.165) is 18.4 Å². The van der Waals surface area contributed by atoms with Crippen molar-refractivity contribution in [3.05, 3.63) is 35.4 Å². The minimum absolute atomic E-state index is 0.0564. The third kappa shape index (κ3) is 4.77. The molecule has 1 amide bonds. The Balaban J connectivity index is 1.84. The molecule has 0 radical (unpaired) electrons. The zero-order valence-corrected chi connectivity index (χ0v) is 13.6. The van der Waals surface area contributed by atoms with Gasteiger partial charge < -0.3 is 15.2 Å². The molecule has 1 aromatic rings. The third-order valence-corrected chi connectivity index (χ3v) is 4.21. The topological polar surface area (TPSA) is 78.9 Å². The summed E-state index contributed by atoms with van der Waals surface area (Å²) in [6, 6.07) is 7.73. The molecule has 0 heterocycles. The van der Waals surface area contributed by atoms with Crippen LogP contribution >= 0.6 is 0 Å². The molecule has 2 rings (SSSR count). The molecular formula is C17H24N2O4. The molecule has 0 atom stereocenters. The van der Waals surface area contributed by atoms with Gasteiger partial charge in [-0.1, -0.05) is 19.1 Å². The number of benzene rings is 1. The molecule has 1 fully saturated rings. The Morgan fingerprint density at radius 3 is 2.74 bits per heavy atom. The number of aliphatic carboxylic acids is 1. The predicted molar refractivity (Wildman–Crippen MR) is 86.3 cm³/mol. The van der Waals surface area contributed by atoms with Crippen LogP contribution in [0, 0.1) is 0 Å². The van der Waals surface area contributed by atoms with Gasteiger partial charge in [0.05, 0.1) is 13.2 Å². The molecule has 6 nitrogen and oxygen atoms in total. The van der Waals surface area contributed by atoms with Gasteiger partial charge in [-0.25, -0.2) is 0 Å². The molecule has 0 saturated heterocycles. The number of carboxylic acids is 1. The first-order valence-corrected chi connectivity index (χ1v) is 7.88. The van der Waals surface area contributed by atoms with E-state index in [2.05, 4.69) is 5.32 Å². The summed E-state index contributed by atoms with van der Waals surface area (Å²) in [6.07, 6.45) is 1.59. The Kier molecular flexibility index (Phi) is 6.12. The molecule has 0 spiro atoms. The molecule has 1 aliphatic rings. The first kappa shape index (κ1) is 17.4. The number of nitrogens with zero attached hydrogens (tertiary/aromatic N) is 1. The predicted octanol–water partition coefficient (Wildman–Crippen LogP) is 1.50. The molecule has 0 bridgehead atoms. The maximum atomic E-state index is 12.3. The summed E-state index contributed by atoms with van der Waals surface area (Å²) < 4.78 is 5.08. The van der Waals surface area contributed by atoms with E-state index in [9.17, 15) is 9.59 Å². The number of methoxy groups -OCH3 is 1. The number of likely N-dealkylation sites (N-methyl/N-ethyl adjacent to an activating group) is 1. The number of carbonyl (C=O) groups excluding carboxylic acids is 1. The summed E-state index contributed by atoms with van der Waals surface area (Å²) in [5, 5.41) is 11.9. The van der Waals surface area contributed by atoms with Crippen LogP contribution in [0.4, 0.5) is 0 Å². The second-order valence-corrected chi connectivity index (χ2v) is 5.89. The molecule has 6 heteroatoms. The van der Waals surface area contributed by atoms with Gasteiger partial charge in [0.2, 0.25) is 0 Å². The molecule has 1 aromatic carbocycles. The molecule has 0 aromatic heterocycles. The monoisotopic (exact) mass is 320 g/mol. The summed E-state index contributed by atoms with van der Waals surface area (Å²) >= 11 is 0. The van der Waals surface area contributed by atoms with Crippen LogP contribution in [0.3, 0.4) is 0 Å². The van der Waals surface area contributed by atoms with Crippen molar-refractivity contribution in [1.82, 2.24) is 10.2 Å². The Morgan fingerprint density at radius 1 is 1.39 bits per heavy atom. The highest BCUT2D eigenvalue weighted by Crippen LogP contribution is 2.25. The van der Waals surface area contributed by atoms with Gasteiger partial charge >= 0.3 is 5.97 Å². The second kappa shape index (κ2) is 8.08. The lowest BCUT2D eigenvalue weighted by Crippen LogP contribution is -2.54. The third-order valence-electron chi connectivity index (χ3n) is 4.21. The number of amides is 1. The number of hydrogen-bond acceptors (Lipinski definition) is 4. The fourth-order valence-corrected chi connectivity index (χ4v) is 2.91. The standard InChI is InChI=1S/C17H24N2O4/c1-3-19(10-16(20)21)15-8-14(9-15)18-17(22)13-6-4-5-12(7-13)11-23-2/h4-7,14-15H,3,8-11H2,1-2H3,(H,18,22)(H,20,21). The van der Waals surface area contributed by atoms with Gasteiger partial charge in [-0.2, -0.15) is 0 Å². The molecule has 126 valence electrons. The average Bonchev–Trinajstić information content (AvgIpc) is 2.48. The van der Waals surface area contributed by atoms with E-state index in [4.69, 9.17) is 9.84 Å². The quantitative estimate of drug-likeness (QED) is 0.759. The fourth-order valence-electron chi connectivity index (χ4n) is 2.91. The van der Waals surface area contributed by atoms with E-state index < -0.39 is 5.97 Å². The maximum Gasteiger partial charge on any atom is 0.317 e. The second-order valence-electron chi connectivity index (χ2n) is 5.89. The van der Waals surface area contributed by atoms with Crippen molar-refractivity contribution in [2.75, 3.05) is 20.2 Å². The van der Waals surface area contributed by atoms with Crippen molar-refractivity contribution in [1.29, 1.82) is 0 Å². The van der Waals surface area contributed by atoms with Crippen molar-refractivity contribution in [2.24, 2.45) is 0 Å². The van der Waals surface area contributed by atoms with Crippen molar-refractivity contribution in [3.63, 3.8) is 0 Å². The SMILES string of the molecule is CCN(CC(=O)O)C1CC(NC(=O)c2cccc(COC)c2)C1. The Bertz CT molecular complexity index is 555. The highest BCUT2D eigenvalue weighted by molar-refractivity contribution is 5.94. The molecule has 0 aliphatic heterocycles. The van der Waals surface area contributed by atoms with Crippen LogP contribution in [0.15, 0.2) is 24.3 Å². The van der Waals surface area contributed by atoms with Crippen LogP contribution in [-0.4, -0.2) is 54.2 Å². The zero-order chi connectivity index (χ0) is 16.8. The normalized spacial score (nSPS) is 20.1. The van der Waals surface area contributed by atoms with E-state index >= 15 is 0 Å². The molecule has 23 heavy (non-hydrogen) atoms. The van der Waals surface area contributed by atoms with Crippen LogP contribution in [0.2, 0.25) is 0 Å². The number of ether oxygens (including phenoxy) is 1. The highest BCUT2D eigenvalue weighted by Gasteiger charge is 2.34. The van der Waals surface area contributed by atoms with Crippen molar-refractivity contribution < 1.29 is 19.4 Å². The van der Waals surface area contributed by atoms with E-state index in [1.165, 1.54) is 0 Å². The van der Waals surface area contributed by atoms with Crippen LogP contribution in [0.1, 0.15) is 35.7 Å². The van der Waals surface area contributed by atoms with E-state index in [1.54, 1.807) is 13.2 Å². The highest BCUT2D eigenvalue weighted by atomic mass is 16.5. The van der Waals surface area contributed by atoms with Crippen molar-refractivity contribution in [2.45, 2.75) is 38.5 Å². The Labute approximate surface area is 136 Å². The molecule has 1 saturated carbocycles. The van der Waals surface area contributed by atoms with Crippen LogP contribution in [-0.2, 0) is 16.1 Å². The lowest BCUT2D eigenvalue weighted by atomic mass is 9.85. The number of hydrogen-bond donors (Lipinski definition) is 2. The number of nitrogens with one attached hydrogen (secondary N) is 1. The summed E-state index contributed by atoms with van der Waals surface area (Å²) in [4.78, 5) is 25.0. The lowest BCUT2D eigenvalue weighted by Gasteiger charge is -2.42. The van der Waals surface area contributed by atoms with E-state index in [-0.39, 0.29) is 24.5 Å². The number of carbonyl (C=O) groups is 2. The van der Waals surface area contributed by atoms with Crippen LogP contribution in [0.25, 0.3) is 0 Å². The molecule has 1 aliphatic carbocycles. The van der Waals surface area contributed by atoms with Gasteiger partial charge in [0.1, 0.15) is 0 Å². The van der Waals surface area contributed by atoms with Gasteiger partial charge in [0.25, 0.3) is 5.91 Å². The fraction of sp³-hybridized carbons (Fsp3) is 0.529. The minimum atomic E-state index is -0.811. The van der Waals surface area contributed by atoms with Gasteiger partial charge in [0.15, 0.2) is 0 Å². The summed E-state index contributed by atoms with van der Waals surface area (Å²) in [5.41, 5.74) is 1.59. The lowest BCUT2D eigenvalue weighted by molar-refractivity contribution is -0.139. The van der Waals surface area contributed by atoms with E-state index in [0.29, 0.717) is 18.7 Å². The van der Waals surface area contributed by atoms with E-state index in [1.807, 2.05) is 30.0 Å². The summed E-state index contributed by atoms with van der Waals surface area (Å²) in [6.45, 7) is 3.20. The molecule has 2 N–H and O–H groups in total. The average molecular weight is 320 g/mol. The molecule has 0 unspecified atom stereocenters. The zero-order valence-electron chi connectivity index (χ0n) is 13.6. The Morgan fingerprint density at radius 2 is 2.13 bits per heavy atom.